The first-order valence-corrected chi connectivity index (χ1v) is 20.9. The number of aromatic amines is 2. The van der Waals surface area contributed by atoms with E-state index in [0.29, 0.717) is 49.5 Å². The van der Waals surface area contributed by atoms with E-state index in [9.17, 15) is 19.2 Å². The van der Waals surface area contributed by atoms with Crippen LogP contribution in [0.4, 0.5) is 9.59 Å². The molecule has 0 unspecified atom stereocenters. The van der Waals surface area contributed by atoms with Crippen LogP contribution < -0.4 is 20.1 Å². The summed E-state index contributed by atoms with van der Waals surface area (Å²) in [5.41, 5.74) is 5.14. The van der Waals surface area contributed by atoms with Crippen LogP contribution in [0.25, 0.3) is 33.6 Å². The third kappa shape index (κ3) is 8.92. The number of nitrogens with one attached hydrogen (secondary N) is 4. The number of amides is 4. The number of likely N-dealkylation sites (tertiary alicyclic amines) is 2. The molecule has 4 aromatic rings. The van der Waals surface area contributed by atoms with Crippen molar-refractivity contribution in [3.8, 4) is 45.1 Å². The Morgan fingerprint density at radius 2 is 1.08 bits per heavy atom. The molecule has 0 aliphatic carbocycles. The van der Waals surface area contributed by atoms with E-state index >= 15 is 0 Å². The van der Waals surface area contributed by atoms with Crippen LogP contribution in [0.5, 0.6) is 11.5 Å². The Balaban J connectivity index is 1.12. The number of H-pyrrole nitrogens is 2. The van der Waals surface area contributed by atoms with Crippen LogP contribution in [-0.4, -0.2) is 106 Å². The van der Waals surface area contributed by atoms with Crippen LogP contribution in [0.1, 0.15) is 90.0 Å². The molecule has 16 nitrogen and oxygen atoms in total. The average molecular weight is 825 g/mol. The second-order valence-electron chi connectivity index (χ2n) is 16.3. The highest BCUT2D eigenvalue weighted by Crippen LogP contribution is 2.42. The first-order valence-electron chi connectivity index (χ1n) is 20.9. The number of nitrogens with zero attached hydrogens (tertiary/aromatic N) is 4. The van der Waals surface area contributed by atoms with E-state index in [1.54, 1.807) is 22.2 Å². The predicted octanol–water partition coefficient (Wildman–Crippen LogP) is 6.77. The molecule has 4 atom stereocenters. The SMILES string of the molecule is COC(=O)N[C@H](C(=O)N1CCC[C@H]1c1ncc(-c2ccc3c(c2)OCCCCOc2cc(-c4cnc([C@@H]5CCCN5C(=O)[C@@H](NC(=O)OC)C(C)C)[nH]4)ccc2-3)[nH]1)C(C)C. The van der Waals surface area contributed by atoms with E-state index in [2.05, 4.69) is 20.6 Å². The number of fused-ring (bicyclic) bond motifs is 3. The Labute approximate surface area is 350 Å². The standard InChI is InChI=1S/C44H56N8O8/c1-25(2)37(49-43(55)57-5)41(53)51-17-9-11-33(51)39-45-23-31(47-39)27-13-15-29-30-16-14-28(22-36(30)60-20-8-7-19-59-35(29)21-27)32-24-46-40(48-32)34-12-10-18-52(34)42(54)38(26(3)4)50-44(56)58-6/h13-16,21-26,33-34,37-38H,7-12,17-20H2,1-6H3,(H,45,47)(H,46,48)(H,49,55)(H,50,56)/t33-,34-,37-,38-/m0/s1. The van der Waals surface area contributed by atoms with Crippen LogP contribution in [0.3, 0.4) is 0 Å². The molecule has 0 bridgehead atoms. The van der Waals surface area contributed by atoms with Crippen LogP contribution in [-0.2, 0) is 19.1 Å². The number of rotatable bonds is 10. The van der Waals surface area contributed by atoms with Gasteiger partial charge in [-0.1, -0.05) is 39.8 Å². The number of carbonyl (C=O) groups is 4. The maximum Gasteiger partial charge on any atom is 0.407 e. The number of benzene rings is 2. The van der Waals surface area contributed by atoms with Crippen LogP contribution in [0.2, 0.25) is 0 Å². The molecule has 4 N–H and O–H groups in total. The lowest BCUT2D eigenvalue weighted by atomic mass is 9.98. The Kier molecular flexibility index (Phi) is 13.0. The van der Waals surface area contributed by atoms with Gasteiger partial charge in [-0.3, -0.25) is 9.59 Å². The molecule has 2 aromatic heterocycles. The summed E-state index contributed by atoms with van der Waals surface area (Å²) >= 11 is 0. The molecule has 16 heteroatoms. The zero-order valence-corrected chi connectivity index (χ0v) is 35.2. The summed E-state index contributed by atoms with van der Waals surface area (Å²) in [7, 11) is 2.57. The molecule has 2 fully saturated rings. The summed E-state index contributed by atoms with van der Waals surface area (Å²) in [5, 5.41) is 5.41. The van der Waals surface area contributed by atoms with Crippen molar-refractivity contribution in [3.63, 3.8) is 0 Å². The van der Waals surface area contributed by atoms with Crippen molar-refractivity contribution in [2.24, 2.45) is 11.8 Å². The fourth-order valence-electron chi connectivity index (χ4n) is 8.32. The van der Waals surface area contributed by atoms with Gasteiger partial charge in [-0.05, 0) is 74.6 Å². The molecule has 7 rings (SSSR count). The number of hydrogen-bond donors (Lipinski definition) is 4. The zero-order valence-electron chi connectivity index (χ0n) is 35.2. The number of aromatic nitrogens is 4. The summed E-state index contributed by atoms with van der Waals surface area (Å²) in [6, 6.07) is 10.2. The molecule has 2 aromatic carbocycles. The highest BCUT2D eigenvalue weighted by Gasteiger charge is 2.39. The van der Waals surface area contributed by atoms with Gasteiger partial charge in [-0.15, -0.1) is 0 Å². The van der Waals surface area contributed by atoms with Crippen molar-refractivity contribution in [2.45, 2.75) is 90.4 Å². The van der Waals surface area contributed by atoms with Gasteiger partial charge in [-0.2, -0.15) is 0 Å². The Morgan fingerprint density at radius 3 is 1.47 bits per heavy atom. The number of hydrogen-bond acceptors (Lipinski definition) is 10. The van der Waals surface area contributed by atoms with Crippen molar-refractivity contribution in [3.05, 3.63) is 60.4 Å². The van der Waals surface area contributed by atoms with E-state index in [0.717, 1.165) is 72.2 Å². The smallest absolute Gasteiger partial charge is 0.407 e. The molecular formula is C44H56N8O8. The van der Waals surface area contributed by atoms with Crippen LogP contribution in [0.15, 0.2) is 48.8 Å². The number of alkyl carbamates (subject to hydrolysis) is 2. The largest absolute Gasteiger partial charge is 0.493 e. The number of carbonyl (C=O) groups excluding carboxylic acids is 4. The molecule has 0 saturated carbocycles. The van der Waals surface area contributed by atoms with Crippen molar-refractivity contribution in [1.29, 1.82) is 0 Å². The molecule has 320 valence electrons. The maximum atomic E-state index is 13.7. The molecule has 60 heavy (non-hydrogen) atoms. The average Bonchev–Trinajstić information content (AvgIpc) is 4.09. The second kappa shape index (κ2) is 18.5. The maximum absolute atomic E-state index is 13.7. The van der Waals surface area contributed by atoms with Gasteiger partial charge in [0.15, 0.2) is 0 Å². The number of imidazole rings is 2. The summed E-state index contributed by atoms with van der Waals surface area (Å²) in [4.78, 5) is 71.5. The van der Waals surface area contributed by atoms with E-state index in [-0.39, 0.29) is 35.7 Å². The lowest BCUT2D eigenvalue weighted by molar-refractivity contribution is -0.136. The molecule has 5 heterocycles. The quantitative estimate of drug-likeness (QED) is 0.133. The summed E-state index contributed by atoms with van der Waals surface area (Å²) in [6.07, 6.45) is 7.08. The van der Waals surface area contributed by atoms with Crippen molar-refractivity contribution in [2.75, 3.05) is 40.5 Å². The molecule has 3 aliphatic heterocycles. The summed E-state index contributed by atoms with van der Waals surface area (Å²) < 4.78 is 22.4. The molecule has 0 spiro atoms. The van der Waals surface area contributed by atoms with Crippen molar-refractivity contribution >= 4 is 24.0 Å². The summed E-state index contributed by atoms with van der Waals surface area (Å²) in [5.74, 6) is 2.23. The fourth-order valence-corrected chi connectivity index (χ4v) is 8.32. The monoisotopic (exact) mass is 824 g/mol. The Bertz CT molecular complexity index is 2030. The molecule has 4 amide bonds. The topological polar surface area (TPSA) is 193 Å². The van der Waals surface area contributed by atoms with E-state index in [1.165, 1.54) is 14.2 Å². The third-order valence-corrected chi connectivity index (χ3v) is 11.6. The highest BCUT2D eigenvalue weighted by molar-refractivity contribution is 5.87. The van der Waals surface area contributed by atoms with Gasteiger partial charge >= 0.3 is 12.2 Å². The van der Waals surface area contributed by atoms with Gasteiger partial charge in [0.25, 0.3) is 0 Å². The first-order chi connectivity index (χ1) is 29.0. The van der Waals surface area contributed by atoms with E-state index < -0.39 is 24.3 Å². The molecule has 3 aliphatic rings. The van der Waals surface area contributed by atoms with E-state index in [4.69, 9.17) is 28.9 Å². The van der Waals surface area contributed by atoms with Gasteiger partial charge in [-0.25, -0.2) is 19.6 Å². The zero-order chi connectivity index (χ0) is 42.5. The van der Waals surface area contributed by atoms with Crippen LogP contribution in [0, 0.1) is 11.8 Å². The predicted molar refractivity (Wildman–Crippen MR) is 223 cm³/mol. The molecule has 0 radical (unpaired) electrons. The summed E-state index contributed by atoms with van der Waals surface area (Å²) in [6.45, 7) is 9.79. The normalized spacial score (nSPS) is 18.8. The van der Waals surface area contributed by atoms with Gasteiger partial charge in [0.2, 0.25) is 11.8 Å². The van der Waals surface area contributed by atoms with E-state index in [1.807, 2.05) is 64.1 Å². The lowest BCUT2D eigenvalue weighted by Crippen LogP contribution is -2.51. The van der Waals surface area contributed by atoms with Gasteiger partial charge < -0.3 is 49.3 Å². The van der Waals surface area contributed by atoms with Gasteiger partial charge in [0.1, 0.15) is 35.2 Å². The second-order valence-corrected chi connectivity index (χ2v) is 16.3. The fraction of sp³-hybridized carbons (Fsp3) is 0.500. The number of ether oxygens (including phenoxy) is 4. The third-order valence-electron chi connectivity index (χ3n) is 11.6. The van der Waals surface area contributed by atoms with Gasteiger partial charge in [0, 0.05) is 35.3 Å². The minimum atomic E-state index is -0.714. The molecular weight excluding hydrogens is 769 g/mol. The minimum Gasteiger partial charge on any atom is -0.493 e. The van der Waals surface area contributed by atoms with Crippen molar-refractivity contribution < 1.29 is 38.1 Å². The minimum absolute atomic E-state index is 0.128. The lowest BCUT2D eigenvalue weighted by Gasteiger charge is -2.30. The van der Waals surface area contributed by atoms with Crippen molar-refractivity contribution in [1.82, 2.24) is 40.4 Å². The highest BCUT2D eigenvalue weighted by atomic mass is 16.5. The van der Waals surface area contributed by atoms with Gasteiger partial charge in [0.05, 0.1) is 63.3 Å². The molecule has 2 saturated heterocycles. The Morgan fingerprint density at radius 1 is 0.667 bits per heavy atom. The van der Waals surface area contributed by atoms with Crippen LogP contribution >= 0.6 is 0 Å². The number of methoxy groups -OCH3 is 2. The Hall–Kier alpha value is -6.06. The first kappa shape index (κ1) is 42.1.